The number of aromatic nitrogens is 6. The summed E-state index contributed by atoms with van der Waals surface area (Å²) in [4.78, 5) is 6.62. The van der Waals surface area contributed by atoms with Crippen molar-refractivity contribution in [1.29, 1.82) is 0 Å². The lowest BCUT2D eigenvalue weighted by Crippen LogP contribution is -2.26. The number of nitrogens with zero attached hydrogens (tertiary/aromatic N) is 6. The molecule has 2 aromatic heterocycles. The first-order valence-corrected chi connectivity index (χ1v) is 10.9. The van der Waals surface area contributed by atoms with Gasteiger partial charge in [0.05, 0.1) is 19.6 Å². The normalized spacial score (nSPS) is 10.8. The van der Waals surface area contributed by atoms with Crippen LogP contribution in [0.5, 0.6) is 0 Å². The molecule has 2 aromatic carbocycles. The highest BCUT2D eigenvalue weighted by molar-refractivity contribution is 5.33. The van der Waals surface area contributed by atoms with Gasteiger partial charge in [0.2, 0.25) is 0 Å². The van der Waals surface area contributed by atoms with Crippen LogP contribution in [0.3, 0.4) is 0 Å². The molecule has 2 heterocycles. The molecule has 162 valence electrons. The van der Waals surface area contributed by atoms with E-state index in [0.717, 1.165) is 43.0 Å². The molecule has 7 heteroatoms. The topological polar surface area (TPSA) is 75.5 Å². The third-order valence-corrected chi connectivity index (χ3v) is 5.19. The van der Waals surface area contributed by atoms with Gasteiger partial charge in [-0.1, -0.05) is 60.4 Å². The molecule has 32 heavy (non-hydrogen) atoms. The molecule has 7 nitrogen and oxygen atoms in total. The lowest BCUT2D eigenvalue weighted by Gasteiger charge is -2.20. The number of H-pyrrole nitrogens is 1. The van der Waals surface area contributed by atoms with Crippen LogP contribution in [0.15, 0.2) is 73.3 Å². The number of benzene rings is 2. The van der Waals surface area contributed by atoms with Crippen molar-refractivity contribution in [3.8, 4) is 11.8 Å². The summed E-state index contributed by atoms with van der Waals surface area (Å²) in [5.74, 6) is 8.16. The Labute approximate surface area is 188 Å². The molecule has 0 atom stereocenters. The van der Waals surface area contributed by atoms with Crippen molar-refractivity contribution >= 4 is 0 Å². The summed E-state index contributed by atoms with van der Waals surface area (Å²) >= 11 is 0. The first-order chi connectivity index (χ1) is 15.9. The maximum atomic E-state index is 4.34. The SMILES string of the molecule is C(#Cc1ccccc1)Cn1cnnc1CN(CCCCc1ccccc1)Cc1ncn[nH]1. The summed E-state index contributed by atoms with van der Waals surface area (Å²) in [7, 11) is 0. The molecule has 0 saturated heterocycles. The third-order valence-electron chi connectivity index (χ3n) is 5.19. The highest BCUT2D eigenvalue weighted by Crippen LogP contribution is 2.10. The average molecular weight is 426 g/mol. The van der Waals surface area contributed by atoms with Gasteiger partial charge in [-0.05, 0) is 43.5 Å². The predicted octanol–water partition coefficient (Wildman–Crippen LogP) is 3.47. The maximum Gasteiger partial charge on any atom is 0.147 e. The van der Waals surface area contributed by atoms with E-state index in [1.807, 2.05) is 34.9 Å². The fourth-order valence-corrected chi connectivity index (χ4v) is 3.52. The van der Waals surface area contributed by atoms with Gasteiger partial charge in [0, 0.05) is 5.56 Å². The fraction of sp³-hybridized carbons (Fsp3) is 0.280. The highest BCUT2D eigenvalue weighted by Gasteiger charge is 2.13. The molecule has 4 rings (SSSR count). The van der Waals surface area contributed by atoms with Crippen molar-refractivity contribution in [1.82, 2.24) is 34.8 Å². The van der Waals surface area contributed by atoms with Crippen LogP contribution in [0.1, 0.15) is 35.6 Å². The largest absolute Gasteiger partial charge is 0.305 e. The van der Waals surface area contributed by atoms with Gasteiger partial charge in [-0.3, -0.25) is 10.00 Å². The molecule has 1 N–H and O–H groups in total. The van der Waals surface area contributed by atoms with Crippen LogP contribution in [-0.2, 0) is 26.1 Å². The Bertz CT molecular complexity index is 1110. The van der Waals surface area contributed by atoms with Crippen molar-refractivity contribution < 1.29 is 0 Å². The number of nitrogens with one attached hydrogen (secondary N) is 1. The molecule has 0 saturated carbocycles. The van der Waals surface area contributed by atoms with Gasteiger partial charge < -0.3 is 4.57 Å². The van der Waals surface area contributed by atoms with Gasteiger partial charge in [0.25, 0.3) is 0 Å². The summed E-state index contributed by atoms with van der Waals surface area (Å²) in [6, 6.07) is 20.6. The van der Waals surface area contributed by atoms with Gasteiger partial charge in [-0.2, -0.15) is 5.10 Å². The number of hydrogen-bond acceptors (Lipinski definition) is 5. The van der Waals surface area contributed by atoms with E-state index in [2.05, 4.69) is 72.5 Å². The zero-order valence-electron chi connectivity index (χ0n) is 18.1. The average Bonchev–Trinajstić information content (AvgIpc) is 3.50. The number of aromatic amines is 1. The van der Waals surface area contributed by atoms with Gasteiger partial charge in [-0.25, -0.2) is 4.98 Å². The minimum absolute atomic E-state index is 0.557. The molecule has 0 spiro atoms. The van der Waals surface area contributed by atoms with Gasteiger partial charge in [-0.15, -0.1) is 10.2 Å². The smallest absolute Gasteiger partial charge is 0.147 e. The van der Waals surface area contributed by atoms with E-state index >= 15 is 0 Å². The zero-order chi connectivity index (χ0) is 21.8. The third kappa shape index (κ3) is 6.62. The summed E-state index contributed by atoms with van der Waals surface area (Å²) in [6.07, 6.45) is 6.60. The second kappa shape index (κ2) is 11.6. The Kier molecular flexibility index (Phi) is 7.77. The lowest BCUT2D eigenvalue weighted by molar-refractivity contribution is 0.236. The number of rotatable bonds is 10. The Hall–Kier alpha value is -3.76. The van der Waals surface area contributed by atoms with E-state index in [-0.39, 0.29) is 0 Å². The molecule has 0 amide bonds. The molecule has 0 fully saturated rings. The Balaban J connectivity index is 1.35. The monoisotopic (exact) mass is 425 g/mol. The van der Waals surface area contributed by atoms with Crippen molar-refractivity contribution in [3.63, 3.8) is 0 Å². The van der Waals surface area contributed by atoms with Crippen molar-refractivity contribution in [3.05, 3.63) is 96.1 Å². The first kappa shape index (κ1) is 21.5. The van der Waals surface area contributed by atoms with Crippen molar-refractivity contribution in [2.24, 2.45) is 0 Å². The molecular formula is C25H27N7. The first-order valence-electron chi connectivity index (χ1n) is 10.9. The molecule has 0 radical (unpaired) electrons. The Morgan fingerprint density at radius 1 is 0.938 bits per heavy atom. The van der Waals surface area contributed by atoms with Crippen LogP contribution in [0.25, 0.3) is 0 Å². The second-order valence-corrected chi connectivity index (χ2v) is 7.63. The van der Waals surface area contributed by atoms with Gasteiger partial charge in [0.1, 0.15) is 24.3 Å². The molecule has 0 aliphatic heterocycles. The summed E-state index contributed by atoms with van der Waals surface area (Å²) < 4.78 is 2.01. The fourth-order valence-electron chi connectivity index (χ4n) is 3.52. The zero-order valence-corrected chi connectivity index (χ0v) is 18.1. The molecule has 0 unspecified atom stereocenters. The van der Waals surface area contributed by atoms with Crippen LogP contribution in [-0.4, -0.2) is 41.4 Å². The standard InChI is InChI=1S/C25H27N7/c1-3-10-22(11-4-1)14-7-8-16-31(18-24-26-20-27-29-24)19-25-30-28-21-32(25)17-9-15-23-12-5-2-6-13-23/h1-6,10-13,20-21H,7-8,14,16-19H2,(H,26,27,29). The highest BCUT2D eigenvalue weighted by atomic mass is 15.3. The van der Waals surface area contributed by atoms with E-state index < -0.39 is 0 Å². The van der Waals surface area contributed by atoms with Crippen LogP contribution >= 0.6 is 0 Å². The maximum absolute atomic E-state index is 4.34. The van der Waals surface area contributed by atoms with Gasteiger partial charge in [0.15, 0.2) is 0 Å². The van der Waals surface area contributed by atoms with Crippen LogP contribution in [0, 0.1) is 11.8 Å². The van der Waals surface area contributed by atoms with E-state index in [1.54, 1.807) is 12.7 Å². The molecule has 0 bridgehead atoms. The predicted molar refractivity (Wildman–Crippen MR) is 123 cm³/mol. The van der Waals surface area contributed by atoms with E-state index in [9.17, 15) is 0 Å². The summed E-state index contributed by atoms with van der Waals surface area (Å²) in [6.45, 7) is 2.87. The summed E-state index contributed by atoms with van der Waals surface area (Å²) in [5.41, 5.74) is 2.39. The quantitative estimate of drug-likeness (QED) is 0.311. The minimum atomic E-state index is 0.557. The van der Waals surface area contributed by atoms with Crippen LogP contribution in [0.2, 0.25) is 0 Å². The van der Waals surface area contributed by atoms with Crippen molar-refractivity contribution in [2.45, 2.75) is 38.9 Å². The van der Waals surface area contributed by atoms with Crippen molar-refractivity contribution in [2.75, 3.05) is 6.54 Å². The second-order valence-electron chi connectivity index (χ2n) is 7.63. The van der Waals surface area contributed by atoms with E-state index in [1.165, 1.54) is 5.56 Å². The van der Waals surface area contributed by atoms with Gasteiger partial charge >= 0.3 is 0 Å². The van der Waals surface area contributed by atoms with E-state index in [0.29, 0.717) is 19.6 Å². The van der Waals surface area contributed by atoms with Crippen LogP contribution in [0.4, 0.5) is 0 Å². The lowest BCUT2D eigenvalue weighted by atomic mass is 10.1. The van der Waals surface area contributed by atoms with E-state index in [4.69, 9.17) is 0 Å². The summed E-state index contributed by atoms with van der Waals surface area (Å²) in [5, 5.41) is 15.4. The molecule has 0 aliphatic carbocycles. The Morgan fingerprint density at radius 2 is 1.75 bits per heavy atom. The molecule has 4 aromatic rings. The Morgan fingerprint density at radius 3 is 2.53 bits per heavy atom. The number of aryl methyl sites for hydroxylation is 1. The number of unbranched alkanes of at least 4 members (excludes halogenated alkanes) is 1. The van der Waals surface area contributed by atoms with Crippen LogP contribution < -0.4 is 0 Å². The molecular weight excluding hydrogens is 398 g/mol. The molecule has 0 aliphatic rings. The minimum Gasteiger partial charge on any atom is -0.305 e. The number of hydrogen-bond donors (Lipinski definition) is 1.